The predicted molar refractivity (Wildman–Crippen MR) is 81.8 cm³/mol. The van der Waals surface area contributed by atoms with E-state index in [4.69, 9.17) is 4.74 Å². The Balaban J connectivity index is 1.58. The smallest absolute Gasteiger partial charge is 0.407 e. The van der Waals surface area contributed by atoms with Crippen LogP contribution in [0.1, 0.15) is 41.9 Å². The number of nitrogens with one attached hydrogen (secondary N) is 1. The lowest BCUT2D eigenvalue weighted by molar-refractivity contribution is -0.111. The number of amides is 1. The second kappa shape index (κ2) is 5.41. The number of hydrogen-bond donors (Lipinski definition) is 1. The summed E-state index contributed by atoms with van der Waals surface area (Å²) in [6.45, 7) is 0.555. The summed E-state index contributed by atoms with van der Waals surface area (Å²) >= 11 is 0. The molecule has 0 aromatic heterocycles. The van der Waals surface area contributed by atoms with Gasteiger partial charge < -0.3 is 14.8 Å². The van der Waals surface area contributed by atoms with Gasteiger partial charge in [0.1, 0.15) is 6.29 Å². The molecule has 1 unspecified atom stereocenters. The number of benzene rings is 1. The summed E-state index contributed by atoms with van der Waals surface area (Å²) in [4.78, 5) is 22.5. The van der Waals surface area contributed by atoms with E-state index < -0.39 is 0 Å². The number of rotatable bonds is 2. The summed E-state index contributed by atoms with van der Waals surface area (Å²) in [5.41, 5.74) is 4.04. The highest BCUT2D eigenvalue weighted by molar-refractivity contribution is 5.69. The fourth-order valence-electron chi connectivity index (χ4n) is 4.37. The van der Waals surface area contributed by atoms with Crippen molar-refractivity contribution in [3.8, 4) is 0 Å². The van der Waals surface area contributed by atoms with E-state index >= 15 is 0 Å². The molecule has 0 radical (unpaired) electrons. The van der Waals surface area contributed by atoms with Crippen LogP contribution in [0.15, 0.2) is 18.2 Å². The van der Waals surface area contributed by atoms with Crippen molar-refractivity contribution in [2.24, 2.45) is 11.8 Å². The lowest BCUT2D eigenvalue weighted by Gasteiger charge is -2.31. The molecule has 4 atom stereocenters. The third-order valence-electron chi connectivity index (χ3n) is 5.62. The van der Waals surface area contributed by atoms with E-state index in [0.29, 0.717) is 18.4 Å². The van der Waals surface area contributed by atoms with Gasteiger partial charge in [0.15, 0.2) is 0 Å². The molecule has 1 N–H and O–H groups in total. The highest BCUT2D eigenvalue weighted by atomic mass is 16.6. The number of carbonyl (C=O) groups excluding carboxylic acids is 2. The molecule has 0 bridgehead atoms. The first-order chi connectivity index (χ1) is 10.7. The van der Waals surface area contributed by atoms with E-state index in [2.05, 4.69) is 23.5 Å². The van der Waals surface area contributed by atoms with Gasteiger partial charge in [0.05, 0.1) is 6.61 Å². The zero-order valence-electron chi connectivity index (χ0n) is 12.6. The maximum atomic E-state index is 11.5. The molecule has 0 spiro atoms. The van der Waals surface area contributed by atoms with Gasteiger partial charge in [-0.15, -0.1) is 0 Å². The summed E-state index contributed by atoms with van der Waals surface area (Å²) < 4.78 is 5.11. The Kier molecular flexibility index (Phi) is 3.40. The van der Waals surface area contributed by atoms with Crippen LogP contribution in [0.5, 0.6) is 0 Å². The van der Waals surface area contributed by atoms with Gasteiger partial charge >= 0.3 is 6.09 Å². The SMILES string of the molecule is O=C[C@@H]1CCc2cc([C@H]3CC[C@@H]4COC(=O)NC43)ccc2C1. The summed E-state index contributed by atoms with van der Waals surface area (Å²) in [7, 11) is 0. The molecular formula is C18H21NO3. The number of fused-ring (bicyclic) bond motifs is 2. The number of alkyl carbamates (subject to hydrolysis) is 1. The highest BCUT2D eigenvalue weighted by Gasteiger charge is 2.41. The average molecular weight is 299 g/mol. The van der Waals surface area contributed by atoms with Crippen molar-refractivity contribution in [1.29, 1.82) is 0 Å². The molecule has 4 rings (SSSR count). The first kappa shape index (κ1) is 13.8. The van der Waals surface area contributed by atoms with Crippen molar-refractivity contribution in [3.63, 3.8) is 0 Å². The summed E-state index contributed by atoms with van der Waals surface area (Å²) in [6.07, 6.45) is 5.86. The molecule has 2 fully saturated rings. The summed E-state index contributed by atoms with van der Waals surface area (Å²) in [5.74, 6) is 1.02. The van der Waals surface area contributed by atoms with E-state index in [0.717, 1.165) is 38.4 Å². The normalized spacial score (nSPS) is 33.4. The predicted octanol–water partition coefficient (Wildman–Crippen LogP) is 2.59. The van der Waals surface area contributed by atoms with Crippen molar-refractivity contribution in [2.75, 3.05) is 6.61 Å². The first-order valence-electron chi connectivity index (χ1n) is 8.25. The molecule has 1 heterocycles. The fourth-order valence-corrected chi connectivity index (χ4v) is 4.37. The summed E-state index contributed by atoms with van der Waals surface area (Å²) in [5, 5.41) is 3.02. The van der Waals surface area contributed by atoms with E-state index in [1.54, 1.807) is 0 Å². The quantitative estimate of drug-likeness (QED) is 0.854. The summed E-state index contributed by atoms with van der Waals surface area (Å²) in [6, 6.07) is 6.91. The van der Waals surface area contributed by atoms with E-state index in [1.165, 1.54) is 16.7 Å². The van der Waals surface area contributed by atoms with Gasteiger partial charge in [-0.1, -0.05) is 18.2 Å². The Morgan fingerprint density at radius 3 is 2.95 bits per heavy atom. The molecule has 22 heavy (non-hydrogen) atoms. The van der Waals surface area contributed by atoms with E-state index in [-0.39, 0.29) is 18.1 Å². The molecule has 1 aromatic carbocycles. The number of aldehydes is 1. The van der Waals surface area contributed by atoms with Crippen LogP contribution in [0.3, 0.4) is 0 Å². The molecule has 1 aliphatic heterocycles. The average Bonchev–Trinajstić information content (AvgIpc) is 2.96. The maximum absolute atomic E-state index is 11.5. The van der Waals surface area contributed by atoms with E-state index in [9.17, 15) is 9.59 Å². The third-order valence-corrected chi connectivity index (χ3v) is 5.62. The van der Waals surface area contributed by atoms with Gasteiger partial charge in [0.2, 0.25) is 0 Å². The maximum Gasteiger partial charge on any atom is 0.407 e. The fraction of sp³-hybridized carbons (Fsp3) is 0.556. The van der Waals surface area contributed by atoms with Crippen LogP contribution < -0.4 is 5.32 Å². The van der Waals surface area contributed by atoms with E-state index in [1.807, 2.05) is 0 Å². The number of aryl methyl sites for hydroxylation is 1. The Bertz CT molecular complexity index is 612. The Labute approximate surface area is 130 Å². The minimum Gasteiger partial charge on any atom is -0.449 e. The first-order valence-corrected chi connectivity index (χ1v) is 8.25. The zero-order valence-corrected chi connectivity index (χ0v) is 12.6. The van der Waals surface area contributed by atoms with Gasteiger partial charge in [-0.25, -0.2) is 4.79 Å². The van der Waals surface area contributed by atoms with Gasteiger partial charge in [-0.05, 0) is 48.8 Å². The van der Waals surface area contributed by atoms with Crippen molar-refractivity contribution in [2.45, 2.75) is 44.1 Å². The number of cyclic esters (lactones) is 1. The number of ether oxygens (including phenoxy) is 1. The lowest BCUT2D eigenvalue weighted by atomic mass is 9.81. The van der Waals surface area contributed by atoms with Crippen LogP contribution >= 0.6 is 0 Å². The topological polar surface area (TPSA) is 55.4 Å². The van der Waals surface area contributed by atoms with Crippen LogP contribution in [0.25, 0.3) is 0 Å². The minimum absolute atomic E-state index is 0.184. The van der Waals surface area contributed by atoms with Crippen LogP contribution in [-0.2, 0) is 22.4 Å². The van der Waals surface area contributed by atoms with Crippen LogP contribution in [-0.4, -0.2) is 25.0 Å². The van der Waals surface area contributed by atoms with Gasteiger partial charge in [-0.3, -0.25) is 0 Å². The molecule has 4 nitrogen and oxygen atoms in total. The second-order valence-electron chi connectivity index (χ2n) is 6.88. The van der Waals surface area contributed by atoms with Crippen molar-refractivity contribution < 1.29 is 14.3 Å². The molecule has 1 saturated heterocycles. The molecule has 116 valence electrons. The second-order valence-corrected chi connectivity index (χ2v) is 6.88. The van der Waals surface area contributed by atoms with Crippen molar-refractivity contribution >= 4 is 12.4 Å². The van der Waals surface area contributed by atoms with Crippen molar-refractivity contribution in [3.05, 3.63) is 34.9 Å². The standard InChI is InChI=1S/C18H21NO3/c20-9-11-1-2-13-8-14(4-3-12(13)7-11)16-6-5-15-10-22-18(21)19-17(15)16/h3-4,8-9,11,15-17H,1-2,5-7,10H2,(H,19,21)/t11-,15-,16-,17?/m1/s1. The van der Waals surface area contributed by atoms with Crippen molar-refractivity contribution in [1.82, 2.24) is 5.32 Å². The molecule has 4 heteroatoms. The van der Waals surface area contributed by atoms with Gasteiger partial charge in [0, 0.05) is 23.8 Å². The van der Waals surface area contributed by atoms with Crippen LogP contribution in [0, 0.1) is 11.8 Å². The Hall–Kier alpha value is -1.84. The number of hydrogen-bond acceptors (Lipinski definition) is 3. The third kappa shape index (κ3) is 2.31. The van der Waals surface area contributed by atoms with Gasteiger partial charge in [0.25, 0.3) is 0 Å². The number of carbonyl (C=O) groups is 2. The Morgan fingerprint density at radius 1 is 1.18 bits per heavy atom. The Morgan fingerprint density at radius 2 is 2.09 bits per heavy atom. The highest BCUT2D eigenvalue weighted by Crippen LogP contribution is 2.41. The molecule has 2 aliphatic carbocycles. The lowest BCUT2D eigenvalue weighted by Crippen LogP contribution is -2.47. The molecular weight excluding hydrogens is 278 g/mol. The minimum atomic E-state index is -0.278. The molecule has 1 aromatic rings. The molecule has 1 saturated carbocycles. The largest absolute Gasteiger partial charge is 0.449 e. The van der Waals surface area contributed by atoms with Gasteiger partial charge in [-0.2, -0.15) is 0 Å². The molecule has 3 aliphatic rings. The van der Waals surface area contributed by atoms with Crippen LogP contribution in [0.4, 0.5) is 4.79 Å². The molecule has 1 amide bonds. The monoisotopic (exact) mass is 299 g/mol. The zero-order chi connectivity index (χ0) is 15.1. The van der Waals surface area contributed by atoms with Crippen LogP contribution in [0.2, 0.25) is 0 Å².